The number of fused-ring (bicyclic) bond motifs is 3. The Morgan fingerprint density at radius 3 is 2.28 bits per heavy atom. The number of benzene rings is 3. The highest BCUT2D eigenvalue weighted by Crippen LogP contribution is 2.30. The second kappa shape index (κ2) is 5.60. The van der Waals surface area contributed by atoms with Crippen molar-refractivity contribution in [2.75, 3.05) is 0 Å². The number of aromatic nitrogens is 3. The van der Waals surface area contributed by atoms with Crippen LogP contribution >= 0.6 is 15.9 Å². The van der Waals surface area contributed by atoms with E-state index in [4.69, 9.17) is 4.98 Å². The van der Waals surface area contributed by atoms with E-state index in [1.807, 2.05) is 12.1 Å². The Balaban J connectivity index is 1.89. The monoisotopic (exact) mass is 387 g/mol. The highest BCUT2D eigenvalue weighted by molar-refractivity contribution is 9.10. The molecule has 0 aliphatic rings. The molecular formula is C21H14BrN3. The maximum absolute atomic E-state index is 4.87. The average molecular weight is 388 g/mol. The minimum absolute atomic E-state index is 0.919. The molecule has 0 spiro atoms. The summed E-state index contributed by atoms with van der Waals surface area (Å²) in [6.45, 7) is 0. The van der Waals surface area contributed by atoms with Gasteiger partial charge < -0.3 is 0 Å². The van der Waals surface area contributed by atoms with Crippen LogP contribution in [0.5, 0.6) is 0 Å². The zero-order chi connectivity index (χ0) is 16.8. The van der Waals surface area contributed by atoms with Crippen molar-refractivity contribution in [1.82, 2.24) is 14.0 Å². The summed E-state index contributed by atoms with van der Waals surface area (Å²) in [4.78, 5) is 4.87. The molecule has 0 amide bonds. The third-order valence-corrected chi connectivity index (χ3v) is 4.95. The van der Waals surface area contributed by atoms with E-state index in [0.717, 1.165) is 32.7 Å². The normalized spacial score (nSPS) is 11.4. The Kier molecular flexibility index (Phi) is 3.25. The molecule has 5 rings (SSSR count). The number of rotatable bonds is 2. The smallest absolute Gasteiger partial charge is 0.220 e. The molecule has 3 aromatic carbocycles. The van der Waals surface area contributed by atoms with E-state index in [1.165, 1.54) is 5.56 Å². The Morgan fingerprint density at radius 1 is 0.760 bits per heavy atom. The first-order chi connectivity index (χ1) is 12.3. The van der Waals surface area contributed by atoms with Crippen LogP contribution in [0.3, 0.4) is 0 Å². The van der Waals surface area contributed by atoms with Crippen molar-refractivity contribution >= 4 is 32.7 Å². The second-order valence-electron chi connectivity index (χ2n) is 5.96. The van der Waals surface area contributed by atoms with Gasteiger partial charge in [0, 0.05) is 21.9 Å². The average Bonchev–Trinajstić information content (AvgIpc) is 3.19. The van der Waals surface area contributed by atoms with Gasteiger partial charge in [-0.25, -0.2) is 4.98 Å². The Morgan fingerprint density at radius 2 is 1.48 bits per heavy atom. The molecule has 0 bridgehead atoms. The number of hydrogen-bond donors (Lipinski definition) is 0. The lowest BCUT2D eigenvalue weighted by atomic mass is 10.1. The topological polar surface area (TPSA) is 22.2 Å². The summed E-state index contributed by atoms with van der Waals surface area (Å²) in [5.74, 6) is 0.919. The van der Waals surface area contributed by atoms with Crippen molar-refractivity contribution in [3.05, 3.63) is 89.5 Å². The number of para-hydroxylation sites is 2. The van der Waals surface area contributed by atoms with Crippen LogP contribution in [0, 0.1) is 0 Å². The van der Waals surface area contributed by atoms with Gasteiger partial charge in [-0.1, -0.05) is 58.4 Å². The van der Waals surface area contributed by atoms with Crippen molar-refractivity contribution in [1.29, 1.82) is 0 Å². The SMILES string of the molecule is Brc1ccc(-n2c(-c3ccccc3)cn3c4ccccc4nc23)cc1. The minimum Gasteiger partial charge on any atom is -0.283 e. The van der Waals surface area contributed by atoms with Crippen molar-refractivity contribution in [3.63, 3.8) is 0 Å². The van der Waals surface area contributed by atoms with Gasteiger partial charge >= 0.3 is 0 Å². The van der Waals surface area contributed by atoms with E-state index in [9.17, 15) is 0 Å². The molecule has 0 saturated heterocycles. The molecule has 25 heavy (non-hydrogen) atoms. The molecule has 0 unspecified atom stereocenters. The number of hydrogen-bond acceptors (Lipinski definition) is 1. The molecular weight excluding hydrogens is 374 g/mol. The molecule has 0 saturated carbocycles. The lowest BCUT2D eigenvalue weighted by Crippen LogP contribution is -1.97. The number of nitrogens with zero attached hydrogens (tertiary/aromatic N) is 3. The van der Waals surface area contributed by atoms with Crippen molar-refractivity contribution in [2.24, 2.45) is 0 Å². The van der Waals surface area contributed by atoms with Gasteiger partial charge in [-0.3, -0.25) is 8.97 Å². The fourth-order valence-electron chi connectivity index (χ4n) is 3.26. The molecule has 2 heterocycles. The molecule has 0 aliphatic heterocycles. The van der Waals surface area contributed by atoms with Crippen molar-refractivity contribution in [2.45, 2.75) is 0 Å². The van der Waals surface area contributed by atoms with Crippen LogP contribution in [-0.2, 0) is 0 Å². The Hall–Kier alpha value is -2.85. The molecule has 120 valence electrons. The third-order valence-electron chi connectivity index (χ3n) is 4.42. The van der Waals surface area contributed by atoms with Crippen LogP contribution in [0.25, 0.3) is 33.8 Å². The van der Waals surface area contributed by atoms with Crippen LogP contribution in [-0.4, -0.2) is 14.0 Å². The lowest BCUT2D eigenvalue weighted by molar-refractivity contribution is 1.08. The first-order valence-corrected chi connectivity index (χ1v) is 8.90. The highest BCUT2D eigenvalue weighted by atomic mass is 79.9. The van der Waals surface area contributed by atoms with Gasteiger partial charge in [0.15, 0.2) is 0 Å². The maximum Gasteiger partial charge on any atom is 0.220 e. The summed E-state index contributed by atoms with van der Waals surface area (Å²) in [7, 11) is 0. The van der Waals surface area contributed by atoms with E-state index in [2.05, 4.69) is 97.8 Å². The quantitative estimate of drug-likeness (QED) is 0.380. The summed E-state index contributed by atoms with van der Waals surface area (Å²) >= 11 is 3.52. The fourth-order valence-corrected chi connectivity index (χ4v) is 3.53. The highest BCUT2D eigenvalue weighted by Gasteiger charge is 2.16. The standard InChI is InChI=1S/C21H14BrN3/c22-16-10-12-17(13-11-16)25-20(15-6-2-1-3-7-15)14-24-19-9-5-4-8-18(19)23-21(24)25/h1-14H. The molecule has 0 atom stereocenters. The second-order valence-corrected chi connectivity index (χ2v) is 6.88. The van der Waals surface area contributed by atoms with Crippen molar-refractivity contribution < 1.29 is 0 Å². The van der Waals surface area contributed by atoms with Gasteiger partial charge in [0.1, 0.15) is 0 Å². The first-order valence-electron chi connectivity index (χ1n) is 8.11. The zero-order valence-corrected chi connectivity index (χ0v) is 14.9. The van der Waals surface area contributed by atoms with Crippen LogP contribution in [0.2, 0.25) is 0 Å². The summed E-state index contributed by atoms with van der Waals surface area (Å²) in [5, 5.41) is 0. The zero-order valence-electron chi connectivity index (χ0n) is 13.3. The van der Waals surface area contributed by atoms with E-state index in [-0.39, 0.29) is 0 Å². The third kappa shape index (κ3) is 2.29. The fraction of sp³-hybridized carbons (Fsp3) is 0. The summed E-state index contributed by atoms with van der Waals surface area (Å²) in [6, 6.07) is 27.0. The molecule has 5 aromatic rings. The predicted octanol–water partition coefficient (Wildman–Crippen LogP) is 5.71. The molecule has 4 heteroatoms. The Bertz CT molecular complexity index is 1180. The minimum atomic E-state index is 0.919. The Labute approximate surface area is 153 Å². The molecule has 0 fully saturated rings. The molecule has 0 N–H and O–H groups in total. The van der Waals surface area contributed by atoms with Crippen LogP contribution < -0.4 is 0 Å². The molecule has 3 nitrogen and oxygen atoms in total. The van der Waals surface area contributed by atoms with Crippen LogP contribution in [0.15, 0.2) is 89.5 Å². The van der Waals surface area contributed by atoms with Gasteiger partial charge in [0.25, 0.3) is 0 Å². The van der Waals surface area contributed by atoms with Gasteiger partial charge in [-0.15, -0.1) is 0 Å². The van der Waals surface area contributed by atoms with Gasteiger partial charge in [-0.2, -0.15) is 0 Å². The summed E-state index contributed by atoms with van der Waals surface area (Å²) in [6.07, 6.45) is 2.17. The van der Waals surface area contributed by atoms with Gasteiger partial charge in [-0.05, 0) is 36.4 Å². The summed E-state index contributed by atoms with van der Waals surface area (Å²) < 4.78 is 5.44. The molecule has 2 aromatic heterocycles. The maximum atomic E-state index is 4.87. The van der Waals surface area contributed by atoms with Crippen molar-refractivity contribution in [3.8, 4) is 16.9 Å². The van der Waals surface area contributed by atoms with E-state index in [0.29, 0.717) is 0 Å². The first kappa shape index (κ1) is 14.5. The van der Waals surface area contributed by atoms with Crippen LogP contribution in [0.4, 0.5) is 0 Å². The van der Waals surface area contributed by atoms with Crippen LogP contribution in [0.1, 0.15) is 0 Å². The number of imidazole rings is 2. The lowest BCUT2D eigenvalue weighted by Gasteiger charge is -2.09. The predicted molar refractivity (Wildman–Crippen MR) is 105 cm³/mol. The van der Waals surface area contributed by atoms with Gasteiger partial charge in [0.2, 0.25) is 5.78 Å². The molecule has 0 radical (unpaired) electrons. The van der Waals surface area contributed by atoms with E-state index < -0.39 is 0 Å². The molecule has 0 aliphatic carbocycles. The largest absolute Gasteiger partial charge is 0.283 e. The number of halogens is 1. The van der Waals surface area contributed by atoms with Gasteiger partial charge in [0.05, 0.1) is 16.7 Å². The van der Waals surface area contributed by atoms with E-state index in [1.54, 1.807) is 0 Å². The summed E-state index contributed by atoms with van der Waals surface area (Å²) in [5.41, 5.74) is 5.50. The van der Waals surface area contributed by atoms with E-state index >= 15 is 0 Å².